The maximum Gasteiger partial charge on any atom is 0.404 e. The highest BCUT2D eigenvalue weighted by molar-refractivity contribution is 5.67. The summed E-state index contributed by atoms with van der Waals surface area (Å²) in [4.78, 5) is 15.2. The summed E-state index contributed by atoms with van der Waals surface area (Å²) in [6, 6.07) is 11.4. The first kappa shape index (κ1) is 19.3. The minimum Gasteiger partial charge on any atom is -0.488 e. The minimum absolute atomic E-state index is 0.142. The molecular formula is C20H23N3O3. The number of carbonyl (C=O) groups excluding carboxylic acids is 1. The molecule has 0 aliphatic heterocycles. The second kappa shape index (κ2) is 8.86. The van der Waals surface area contributed by atoms with E-state index >= 15 is 0 Å². The number of aromatic nitrogens is 1. The number of primary amides is 1. The summed E-state index contributed by atoms with van der Waals surface area (Å²) in [6.45, 7) is 6.09. The molecule has 1 aromatic carbocycles. The Balaban J connectivity index is 2.16. The van der Waals surface area contributed by atoms with Crippen molar-refractivity contribution in [2.75, 3.05) is 6.61 Å². The third-order valence-electron chi connectivity index (χ3n) is 3.77. The number of amides is 1. The first-order valence-electron chi connectivity index (χ1n) is 8.45. The molecule has 0 bridgehead atoms. The van der Waals surface area contributed by atoms with Crippen LogP contribution in [-0.4, -0.2) is 23.8 Å². The van der Waals surface area contributed by atoms with Crippen LogP contribution in [0.5, 0.6) is 5.75 Å². The summed E-state index contributed by atoms with van der Waals surface area (Å²) in [5, 5.41) is 9.45. The summed E-state index contributed by atoms with van der Waals surface area (Å²) in [6.07, 6.45) is 1.07. The number of nitriles is 1. The van der Waals surface area contributed by atoms with Gasteiger partial charge >= 0.3 is 6.09 Å². The molecule has 1 unspecified atom stereocenters. The average molecular weight is 353 g/mol. The van der Waals surface area contributed by atoms with Gasteiger partial charge in [0.25, 0.3) is 0 Å². The van der Waals surface area contributed by atoms with Crippen molar-refractivity contribution in [3.8, 4) is 22.9 Å². The number of hydrogen-bond donors (Lipinski definition) is 1. The highest BCUT2D eigenvalue weighted by Crippen LogP contribution is 2.27. The third kappa shape index (κ3) is 5.49. The SMILES string of the molecule is Cc1cc(-c2ccc(OCC(CC(C)C)OC(N)=O)c(C#N)c2)ccn1. The van der Waals surface area contributed by atoms with Crippen LogP contribution in [0.4, 0.5) is 4.79 Å². The van der Waals surface area contributed by atoms with Crippen LogP contribution in [0.15, 0.2) is 36.5 Å². The molecule has 0 aliphatic carbocycles. The zero-order chi connectivity index (χ0) is 19.1. The van der Waals surface area contributed by atoms with Gasteiger partial charge in [-0.25, -0.2) is 4.79 Å². The molecule has 1 heterocycles. The Bertz CT molecular complexity index is 812. The summed E-state index contributed by atoms with van der Waals surface area (Å²) >= 11 is 0. The zero-order valence-electron chi connectivity index (χ0n) is 15.2. The monoisotopic (exact) mass is 353 g/mol. The van der Waals surface area contributed by atoms with Gasteiger partial charge in [-0.15, -0.1) is 0 Å². The van der Waals surface area contributed by atoms with Gasteiger partial charge in [-0.05, 0) is 54.7 Å². The van der Waals surface area contributed by atoms with Gasteiger partial charge in [0.2, 0.25) is 0 Å². The van der Waals surface area contributed by atoms with Crippen LogP contribution in [0.2, 0.25) is 0 Å². The Morgan fingerprint density at radius 1 is 1.27 bits per heavy atom. The maximum atomic E-state index is 11.0. The fourth-order valence-electron chi connectivity index (χ4n) is 2.67. The maximum absolute atomic E-state index is 11.0. The van der Waals surface area contributed by atoms with Crippen LogP contribution >= 0.6 is 0 Å². The number of hydrogen-bond acceptors (Lipinski definition) is 5. The number of carbonyl (C=O) groups is 1. The van der Waals surface area contributed by atoms with Crippen LogP contribution in [0.1, 0.15) is 31.5 Å². The molecule has 0 radical (unpaired) electrons. The highest BCUT2D eigenvalue weighted by Gasteiger charge is 2.17. The van der Waals surface area contributed by atoms with E-state index in [-0.39, 0.29) is 6.61 Å². The largest absolute Gasteiger partial charge is 0.488 e. The number of rotatable bonds is 7. The van der Waals surface area contributed by atoms with Crippen molar-refractivity contribution < 1.29 is 14.3 Å². The van der Waals surface area contributed by atoms with Crippen molar-refractivity contribution in [2.24, 2.45) is 11.7 Å². The van der Waals surface area contributed by atoms with E-state index in [0.717, 1.165) is 16.8 Å². The molecule has 1 atom stereocenters. The second-order valence-electron chi connectivity index (χ2n) is 6.51. The van der Waals surface area contributed by atoms with Crippen molar-refractivity contribution in [3.63, 3.8) is 0 Å². The zero-order valence-corrected chi connectivity index (χ0v) is 15.2. The van der Waals surface area contributed by atoms with Gasteiger partial charge in [0, 0.05) is 11.9 Å². The number of pyridine rings is 1. The van der Waals surface area contributed by atoms with E-state index in [1.807, 2.05) is 39.0 Å². The predicted molar refractivity (Wildman–Crippen MR) is 98.5 cm³/mol. The van der Waals surface area contributed by atoms with Crippen molar-refractivity contribution >= 4 is 6.09 Å². The summed E-state index contributed by atoms with van der Waals surface area (Å²) in [7, 11) is 0. The van der Waals surface area contributed by atoms with Gasteiger partial charge in [0.1, 0.15) is 24.5 Å². The fraction of sp³-hybridized carbons (Fsp3) is 0.350. The standard InChI is InChI=1S/C20H23N3O3/c1-13(2)8-18(26-20(22)24)12-25-19-5-4-15(10-17(19)11-21)16-6-7-23-14(3)9-16/h4-7,9-10,13,18H,8,12H2,1-3H3,(H2,22,24). The molecule has 2 rings (SSSR count). The molecule has 1 amide bonds. The Morgan fingerprint density at radius 2 is 2.00 bits per heavy atom. The lowest BCUT2D eigenvalue weighted by molar-refractivity contribution is 0.0590. The lowest BCUT2D eigenvalue weighted by Gasteiger charge is -2.19. The molecule has 0 aliphatic rings. The number of nitrogens with zero attached hydrogens (tertiary/aromatic N) is 2. The molecule has 26 heavy (non-hydrogen) atoms. The minimum atomic E-state index is -0.830. The molecule has 0 saturated carbocycles. The molecule has 2 N–H and O–H groups in total. The molecule has 6 heteroatoms. The average Bonchev–Trinajstić information content (AvgIpc) is 2.58. The van der Waals surface area contributed by atoms with Crippen LogP contribution in [0.25, 0.3) is 11.1 Å². The molecule has 0 spiro atoms. The topological polar surface area (TPSA) is 98.2 Å². The van der Waals surface area contributed by atoms with E-state index in [2.05, 4.69) is 11.1 Å². The molecule has 6 nitrogen and oxygen atoms in total. The number of benzene rings is 1. The lowest BCUT2D eigenvalue weighted by atomic mass is 10.0. The number of aryl methyl sites for hydroxylation is 1. The third-order valence-corrected chi connectivity index (χ3v) is 3.77. The number of ether oxygens (including phenoxy) is 2. The van der Waals surface area contributed by atoms with Crippen LogP contribution in [0.3, 0.4) is 0 Å². The molecule has 136 valence electrons. The normalized spacial score (nSPS) is 11.7. The van der Waals surface area contributed by atoms with E-state index in [9.17, 15) is 10.1 Å². The van der Waals surface area contributed by atoms with E-state index in [4.69, 9.17) is 15.2 Å². The smallest absolute Gasteiger partial charge is 0.404 e. The van der Waals surface area contributed by atoms with E-state index in [1.165, 1.54) is 0 Å². The van der Waals surface area contributed by atoms with E-state index in [1.54, 1.807) is 18.3 Å². The molecule has 2 aromatic rings. The Morgan fingerprint density at radius 3 is 2.62 bits per heavy atom. The van der Waals surface area contributed by atoms with Gasteiger partial charge in [-0.2, -0.15) is 5.26 Å². The lowest BCUT2D eigenvalue weighted by Crippen LogP contribution is -2.29. The molecule has 0 saturated heterocycles. The van der Waals surface area contributed by atoms with Crippen LogP contribution < -0.4 is 10.5 Å². The van der Waals surface area contributed by atoms with Gasteiger partial charge in [0.15, 0.2) is 0 Å². The Hall–Kier alpha value is -3.07. The van der Waals surface area contributed by atoms with Gasteiger partial charge in [-0.3, -0.25) is 4.98 Å². The predicted octanol–water partition coefficient (Wildman–Crippen LogP) is 3.82. The second-order valence-corrected chi connectivity index (χ2v) is 6.51. The van der Waals surface area contributed by atoms with Crippen LogP contribution in [0, 0.1) is 24.2 Å². The number of nitrogens with two attached hydrogens (primary N) is 1. The van der Waals surface area contributed by atoms with Gasteiger partial charge < -0.3 is 15.2 Å². The fourth-order valence-corrected chi connectivity index (χ4v) is 2.67. The first-order chi connectivity index (χ1) is 12.4. The Labute approximate surface area is 153 Å². The van der Waals surface area contributed by atoms with E-state index < -0.39 is 12.2 Å². The first-order valence-corrected chi connectivity index (χ1v) is 8.45. The van der Waals surface area contributed by atoms with Crippen LogP contribution in [-0.2, 0) is 4.74 Å². The summed E-state index contributed by atoms with van der Waals surface area (Å²) in [5.41, 5.74) is 8.33. The quantitative estimate of drug-likeness (QED) is 0.816. The van der Waals surface area contributed by atoms with Crippen molar-refractivity contribution in [3.05, 3.63) is 47.8 Å². The van der Waals surface area contributed by atoms with E-state index in [0.29, 0.717) is 23.7 Å². The molecule has 0 fully saturated rings. The summed E-state index contributed by atoms with van der Waals surface area (Å²) < 4.78 is 10.8. The van der Waals surface area contributed by atoms with Crippen molar-refractivity contribution in [1.82, 2.24) is 4.98 Å². The molecular weight excluding hydrogens is 330 g/mol. The highest BCUT2D eigenvalue weighted by atomic mass is 16.6. The molecule has 1 aromatic heterocycles. The van der Waals surface area contributed by atoms with Crippen molar-refractivity contribution in [2.45, 2.75) is 33.3 Å². The van der Waals surface area contributed by atoms with Gasteiger partial charge in [0.05, 0.1) is 5.56 Å². The van der Waals surface area contributed by atoms with Crippen molar-refractivity contribution in [1.29, 1.82) is 5.26 Å². The van der Waals surface area contributed by atoms with Gasteiger partial charge in [-0.1, -0.05) is 19.9 Å². The summed E-state index contributed by atoms with van der Waals surface area (Å²) in [5.74, 6) is 0.763. The Kier molecular flexibility index (Phi) is 6.56.